The van der Waals surface area contributed by atoms with Crippen LogP contribution in [0.3, 0.4) is 0 Å². The van der Waals surface area contributed by atoms with Crippen LogP contribution in [-0.4, -0.2) is 47.7 Å². The predicted octanol–water partition coefficient (Wildman–Crippen LogP) is 0.396. The van der Waals surface area contributed by atoms with Crippen molar-refractivity contribution in [1.82, 2.24) is 4.90 Å². The Hall–Kier alpha value is -1.30. The van der Waals surface area contributed by atoms with E-state index in [0.717, 1.165) is 6.42 Å². The van der Waals surface area contributed by atoms with Gasteiger partial charge in [0.1, 0.15) is 5.84 Å². The number of hydrogen-bond acceptors (Lipinski definition) is 4. The molecule has 0 radical (unpaired) electrons. The van der Waals surface area contributed by atoms with Crippen LogP contribution >= 0.6 is 0 Å². The number of rotatable bonds is 5. The van der Waals surface area contributed by atoms with Gasteiger partial charge >= 0.3 is 0 Å². The normalized spacial score (nSPS) is 20.9. The van der Waals surface area contributed by atoms with Crippen LogP contribution in [-0.2, 0) is 9.53 Å². The number of nitrogens with two attached hydrogens (primary N) is 1. The molecule has 17 heavy (non-hydrogen) atoms. The highest BCUT2D eigenvalue weighted by Gasteiger charge is 2.29. The third-order valence-corrected chi connectivity index (χ3v) is 2.92. The Bertz CT molecular complexity index is 286. The van der Waals surface area contributed by atoms with Crippen LogP contribution in [0.1, 0.15) is 26.7 Å². The van der Waals surface area contributed by atoms with Crippen LogP contribution in [0.2, 0.25) is 0 Å². The molecule has 1 amide bonds. The predicted molar refractivity (Wildman–Crippen MR) is 63.8 cm³/mol. The molecule has 0 aliphatic carbocycles. The van der Waals surface area contributed by atoms with Gasteiger partial charge in [-0.2, -0.15) is 0 Å². The Kier molecular flexibility index (Phi) is 5.21. The van der Waals surface area contributed by atoms with Gasteiger partial charge < -0.3 is 20.6 Å². The molecule has 1 rings (SSSR count). The average Bonchev–Trinajstić information content (AvgIpc) is 2.81. The van der Waals surface area contributed by atoms with Crippen molar-refractivity contribution < 1.29 is 14.7 Å². The summed E-state index contributed by atoms with van der Waals surface area (Å²) in [6.07, 6.45) is 1.17. The molecule has 98 valence electrons. The van der Waals surface area contributed by atoms with Crippen LogP contribution in [0.25, 0.3) is 0 Å². The fourth-order valence-corrected chi connectivity index (χ4v) is 1.87. The summed E-state index contributed by atoms with van der Waals surface area (Å²) in [5, 5.41) is 11.4. The highest BCUT2D eigenvalue weighted by atomic mass is 16.5. The molecular formula is C11H21N3O3. The van der Waals surface area contributed by atoms with E-state index >= 15 is 0 Å². The molecule has 1 aliphatic heterocycles. The number of oxime groups is 1. The van der Waals surface area contributed by atoms with E-state index in [-0.39, 0.29) is 23.7 Å². The van der Waals surface area contributed by atoms with Gasteiger partial charge in [0.25, 0.3) is 0 Å². The summed E-state index contributed by atoms with van der Waals surface area (Å²) in [6.45, 7) is 5.55. The Morgan fingerprint density at radius 2 is 2.35 bits per heavy atom. The maximum atomic E-state index is 12.2. The van der Waals surface area contributed by atoms with E-state index in [0.29, 0.717) is 26.2 Å². The Morgan fingerprint density at radius 1 is 1.65 bits per heavy atom. The summed E-state index contributed by atoms with van der Waals surface area (Å²) in [4.78, 5) is 14.0. The lowest BCUT2D eigenvalue weighted by Gasteiger charge is -2.28. The van der Waals surface area contributed by atoms with Crippen molar-refractivity contribution in [1.29, 1.82) is 0 Å². The molecule has 0 aromatic heterocycles. The summed E-state index contributed by atoms with van der Waals surface area (Å²) in [7, 11) is 0. The zero-order valence-corrected chi connectivity index (χ0v) is 10.4. The molecule has 6 heteroatoms. The van der Waals surface area contributed by atoms with Crippen molar-refractivity contribution >= 4 is 11.7 Å². The van der Waals surface area contributed by atoms with Crippen LogP contribution in [0, 0.1) is 5.92 Å². The fourth-order valence-electron chi connectivity index (χ4n) is 1.87. The molecule has 1 unspecified atom stereocenters. The molecule has 1 fully saturated rings. The maximum absolute atomic E-state index is 12.2. The molecule has 0 aromatic rings. The molecule has 6 nitrogen and oxygen atoms in total. The Labute approximate surface area is 101 Å². The molecule has 1 heterocycles. The lowest BCUT2D eigenvalue weighted by molar-refractivity contribution is -0.137. The summed E-state index contributed by atoms with van der Waals surface area (Å²) in [5.41, 5.74) is 5.41. The standard InChI is InChI=1S/C11H21N3O3/c1-8(2)14(5-3-10(12)13-16)11(15)9-4-6-17-7-9/h8-9,16H,3-7H2,1-2H3,(H2,12,13). The van der Waals surface area contributed by atoms with E-state index in [2.05, 4.69) is 5.16 Å². The second-order valence-corrected chi connectivity index (χ2v) is 4.53. The minimum Gasteiger partial charge on any atom is -0.409 e. The topological polar surface area (TPSA) is 88.1 Å². The molecule has 0 bridgehead atoms. The van der Waals surface area contributed by atoms with Gasteiger partial charge in [-0.1, -0.05) is 5.16 Å². The zero-order valence-electron chi connectivity index (χ0n) is 10.4. The van der Waals surface area contributed by atoms with Gasteiger partial charge in [0.2, 0.25) is 5.91 Å². The minimum atomic E-state index is -0.0373. The van der Waals surface area contributed by atoms with Crippen molar-refractivity contribution in [3.8, 4) is 0 Å². The highest BCUT2D eigenvalue weighted by molar-refractivity contribution is 5.82. The molecular weight excluding hydrogens is 222 g/mol. The van der Waals surface area contributed by atoms with E-state index in [1.165, 1.54) is 0 Å². The SMILES string of the molecule is CC(C)N(CCC(N)=NO)C(=O)C1CCOC1. The Morgan fingerprint density at radius 3 is 2.82 bits per heavy atom. The van der Waals surface area contributed by atoms with Gasteiger partial charge in [0.05, 0.1) is 12.5 Å². The van der Waals surface area contributed by atoms with Crippen molar-refractivity contribution in [3.63, 3.8) is 0 Å². The van der Waals surface area contributed by atoms with Crippen molar-refractivity contribution in [2.45, 2.75) is 32.7 Å². The van der Waals surface area contributed by atoms with Crippen LogP contribution in [0.4, 0.5) is 0 Å². The van der Waals surface area contributed by atoms with E-state index in [9.17, 15) is 4.79 Å². The highest BCUT2D eigenvalue weighted by Crippen LogP contribution is 2.17. The van der Waals surface area contributed by atoms with Crippen molar-refractivity contribution in [2.24, 2.45) is 16.8 Å². The molecule has 1 atom stereocenters. The monoisotopic (exact) mass is 243 g/mol. The van der Waals surface area contributed by atoms with Gasteiger partial charge in [0.15, 0.2) is 0 Å². The van der Waals surface area contributed by atoms with Crippen LogP contribution in [0.15, 0.2) is 5.16 Å². The van der Waals surface area contributed by atoms with E-state index < -0.39 is 0 Å². The van der Waals surface area contributed by atoms with Crippen molar-refractivity contribution in [2.75, 3.05) is 19.8 Å². The van der Waals surface area contributed by atoms with E-state index in [1.807, 2.05) is 13.8 Å². The summed E-state index contributed by atoms with van der Waals surface area (Å²) < 4.78 is 5.22. The number of hydrogen-bond donors (Lipinski definition) is 2. The quantitative estimate of drug-likeness (QED) is 0.316. The molecule has 0 spiro atoms. The number of amides is 1. The fraction of sp³-hybridized carbons (Fsp3) is 0.818. The summed E-state index contributed by atoms with van der Waals surface area (Å²) in [6, 6.07) is 0.106. The third-order valence-electron chi connectivity index (χ3n) is 2.92. The number of ether oxygens (including phenoxy) is 1. The number of carbonyl (C=O) groups excluding carboxylic acids is 1. The lowest BCUT2D eigenvalue weighted by Crippen LogP contribution is -2.42. The Balaban J connectivity index is 2.55. The molecule has 0 saturated carbocycles. The second-order valence-electron chi connectivity index (χ2n) is 4.53. The third kappa shape index (κ3) is 3.89. The number of nitrogens with zero attached hydrogens (tertiary/aromatic N) is 2. The first-order valence-electron chi connectivity index (χ1n) is 5.91. The average molecular weight is 243 g/mol. The largest absolute Gasteiger partial charge is 0.409 e. The van der Waals surface area contributed by atoms with Crippen molar-refractivity contribution in [3.05, 3.63) is 0 Å². The smallest absolute Gasteiger partial charge is 0.228 e. The zero-order chi connectivity index (χ0) is 12.8. The van der Waals surface area contributed by atoms with Crippen LogP contribution in [0.5, 0.6) is 0 Å². The lowest BCUT2D eigenvalue weighted by atomic mass is 10.1. The van der Waals surface area contributed by atoms with Gasteiger partial charge in [0, 0.05) is 25.6 Å². The summed E-state index contributed by atoms with van der Waals surface area (Å²) >= 11 is 0. The maximum Gasteiger partial charge on any atom is 0.228 e. The summed E-state index contributed by atoms with van der Waals surface area (Å²) in [5.74, 6) is 0.207. The van der Waals surface area contributed by atoms with Crippen LogP contribution < -0.4 is 5.73 Å². The van der Waals surface area contributed by atoms with Gasteiger partial charge in [-0.15, -0.1) is 0 Å². The first-order chi connectivity index (χ1) is 8.06. The number of amidine groups is 1. The van der Waals surface area contributed by atoms with Gasteiger partial charge in [-0.05, 0) is 20.3 Å². The van der Waals surface area contributed by atoms with Gasteiger partial charge in [-0.3, -0.25) is 4.79 Å². The molecule has 1 aliphatic rings. The number of carbonyl (C=O) groups is 1. The molecule has 3 N–H and O–H groups in total. The molecule has 0 aromatic carbocycles. The second kappa shape index (κ2) is 6.44. The first kappa shape index (κ1) is 13.8. The minimum absolute atomic E-state index is 0.0373. The first-order valence-corrected chi connectivity index (χ1v) is 5.91. The van der Waals surface area contributed by atoms with E-state index in [1.54, 1.807) is 4.90 Å². The molecule has 1 saturated heterocycles. The van der Waals surface area contributed by atoms with Gasteiger partial charge in [-0.25, -0.2) is 0 Å². The van der Waals surface area contributed by atoms with E-state index in [4.69, 9.17) is 15.7 Å².